The van der Waals surface area contributed by atoms with Crippen LogP contribution in [0.1, 0.15) is 82.9 Å². The van der Waals surface area contributed by atoms with Crippen molar-refractivity contribution in [3.8, 4) is 11.5 Å². The normalized spacial score (nSPS) is 19.2. The van der Waals surface area contributed by atoms with E-state index in [2.05, 4.69) is 56.9 Å². The SMILES string of the molecule is CCOc1cc(C2C3=C(CC(C)(C)CC3=O)N(CCc3ccccc3)C3=C2C(=O)CC(C)(C)C3)ccc1OCc1ccccc1F. The number of halogens is 1. The zero-order valence-electron chi connectivity index (χ0n) is 27.6. The summed E-state index contributed by atoms with van der Waals surface area (Å²) in [5, 5.41) is 0. The standard InChI is InChI=1S/C40H44FNO4/c1-6-45-35-20-27(16-17-34(35)46-25-28-14-10-11-15-29(28)41)36-37-30(21-39(2,3)23-32(37)43)42(19-18-26-12-8-7-9-13-26)31-22-40(4,5)24-33(44)38(31)36/h7-17,20,36H,6,18-19,21-25H2,1-5H3. The average molecular weight is 622 g/mol. The lowest BCUT2D eigenvalue weighted by molar-refractivity contribution is -0.119. The van der Waals surface area contributed by atoms with Crippen molar-refractivity contribution in [2.75, 3.05) is 13.2 Å². The predicted octanol–water partition coefficient (Wildman–Crippen LogP) is 8.73. The Hall–Kier alpha value is -4.19. The Balaban J connectivity index is 1.46. The third kappa shape index (κ3) is 6.40. The van der Waals surface area contributed by atoms with Gasteiger partial charge in [0.05, 0.1) is 6.61 Å². The van der Waals surface area contributed by atoms with E-state index in [1.807, 2.05) is 31.2 Å². The van der Waals surface area contributed by atoms with Gasteiger partial charge in [0.1, 0.15) is 12.4 Å². The third-order valence-corrected chi connectivity index (χ3v) is 9.43. The van der Waals surface area contributed by atoms with Crippen molar-refractivity contribution >= 4 is 11.6 Å². The number of ether oxygens (including phenoxy) is 2. The van der Waals surface area contributed by atoms with E-state index in [1.165, 1.54) is 11.6 Å². The molecule has 0 unspecified atom stereocenters. The van der Waals surface area contributed by atoms with Crippen molar-refractivity contribution in [1.82, 2.24) is 4.90 Å². The molecule has 0 radical (unpaired) electrons. The number of Topliss-reactive ketones (excluding diaryl/α,β-unsaturated/α-hetero) is 2. The predicted molar refractivity (Wildman–Crippen MR) is 178 cm³/mol. The summed E-state index contributed by atoms with van der Waals surface area (Å²) in [6.45, 7) is 11.7. The van der Waals surface area contributed by atoms with E-state index in [-0.39, 0.29) is 34.8 Å². The smallest absolute Gasteiger partial charge is 0.162 e. The molecule has 0 saturated carbocycles. The Bertz CT molecular complexity index is 1660. The zero-order valence-corrected chi connectivity index (χ0v) is 27.6. The number of allylic oxidation sites excluding steroid dienone is 4. The molecular weight excluding hydrogens is 577 g/mol. The fourth-order valence-corrected chi connectivity index (χ4v) is 7.40. The Morgan fingerprint density at radius 1 is 0.761 bits per heavy atom. The number of carbonyl (C=O) groups is 2. The molecule has 1 aliphatic heterocycles. The van der Waals surface area contributed by atoms with Gasteiger partial charge in [-0.25, -0.2) is 4.39 Å². The van der Waals surface area contributed by atoms with Gasteiger partial charge in [-0.2, -0.15) is 0 Å². The summed E-state index contributed by atoms with van der Waals surface area (Å²) < 4.78 is 26.5. The maximum absolute atomic E-state index is 14.3. The minimum Gasteiger partial charge on any atom is -0.490 e. The molecule has 240 valence electrons. The number of benzene rings is 3. The van der Waals surface area contributed by atoms with Crippen LogP contribution in [0, 0.1) is 16.6 Å². The first-order valence-corrected chi connectivity index (χ1v) is 16.4. The molecule has 1 heterocycles. The van der Waals surface area contributed by atoms with Gasteiger partial charge in [0.2, 0.25) is 0 Å². The summed E-state index contributed by atoms with van der Waals surface area (Å²) in [5.74, 6) is 0.396. The summed E-state index contributed by atoms with van der Waals surface area (Å²) in [6.07, 6.45) is 3.18. The molecule has 0 aromatic heterocycles. The minimum atomic E-state index is -0.481. The van der Waals surface area contributed by atoms with Gasteiger partial charge in [0, 0.05) is 53.4 Å². The number of rotatable bonds is 9. The first-order chi connectivity index (χ1) is 22.0. The van der Waals surface area contributed by atoms with Gasteiger partial charge in [0.15, 0.2) is 23.1 Å². The molecule has 0 saturated heterocycles. The second-order valence-electron chi connectivity index (χ2n) is 14.4. The van der Waals surface area contributed by atoms with Crippen LogP contribution < -0.4 is 9.47 Å². The largest absolute Gasteiger partial charge is 0.490 e. The van der Waals surface area contributed by atoms with Crippen molar-refractivity contribution in [3.63, 3.8) is 0 Å². The van der Waals surface area contributed by atoms with E-state index in [4.69, 9.17) is 9.47 Å². The quantitative estimate of drug-likeness (QED) is 0.239. The first kappa shape index (κ1) is 31.8. The summed E-state index contributed by atoms with van der Waals surface area (Å²) in [4.78, 5) is 30.8. The van der Waals surface area contributed by atoms with Crippen molar-refractivity contribution < 1.29 is 23.5 Å². The van der Waals surface area contributed by atoms with Crippen LogP contribution in [0.15, 0.2) is 95.3 Å². The topological polar surface area (TPSA) is 55.8 Å². The van der Waals surface area contributed by atoms with Crippen LogP contribution in [0.3, 0.4) is 0 Å². The fraction of sp³-hybridized carbons (Fsp3) is 0.400. The molecule has 0 amide bonds. The van der Waals surface area contributed by atoms with Gasteiger partial charge in [-0.15, -0.1) is 0 Å². The van der Waals surface area contributed by atoms with Crippen LogP contribution in [0.2, 0.25) is 0 Å². The Morgan fingerprint density at radius 2 is 1.37 bits per heavy atom. The Morgan fingerprint density at radius 3 is 1.98 bits per heavy atom. The molecule has 0 fully saturated rings. The lowest BCUT2D eigenvalue weighted by atomic mass is 9.63. The molecule has 0 bridgehead atoms. The first-order valence-electron chi connectivity index (χ1n) is 16.4. The molecule has 6 heteroatoms. The zero-order chi connectivity index (χ0) is 32.6. The highest BCUT2D eigenvalue weighted by Crippen LogP contribution is 2.55. The van der Waals surface area contributed by atoms with Crippen LogP contribution in [0.4, 0.5) is 4.39 Å². The molecule has 3 aliphatic rings. The molecule has 46 heavy (non-hydrogen) atoms. The highest BCUT2D eigenvalue weighted by molar-refractivity contribution is 6.06. The van der Waals surface area contributed by atoms with E-state index in [0.717, 1.165) is 47.4 Å². The van der Waals surface area contributed by atoms with Crippen LogP contribution in [-0.2, 0) is 22.6 Å². The second kappa shape index (κ2) is 12.5. The van der Waals surface area contributed by atoms with Crippen molar-refractivity contribution in [3.05, 3.63) is 118 Å². The Labute approximate surface area is 272 Å². The van der Waals surface area contributed by atoms with Crippen molar-refractivity contribution in [1.29, 1.82) is 0 Å². The van der Waals surface area contributed by atoms with Gasteiger partial charge >= 0.3 is 0 Å². The average Bonchev–Trinajstić information content (AvgIpc) is 2.99. The molecule has 3 aromatic carbocycles. The van der Waals surface area contributed by atoms with Gasteiger partial charge in [-0.3, -0.25) is 9.59 Å². The summed E-state index contributed by atoms with van der Waals surface area (Å²) in [6, 6.07) is 22.6. The molecule has 2 aliphatic carbocycles. The second-order valence-corrected chi connectivity index (χ2v) is 14.4. The highest BCUT2D eigenvalue weighted by atomic mass is 19.1. The molecule has 6 rings (SSSR count). The van der Waals surface area contributed by atoms with E-state index in [1.54, 1.807) is 18.2 Å². The van der Waals surface area contributed by atoms with Crippen molar-refractivity contribution in [2.45, 2.75) is 79.2 Å². The number of carbonyl (C=O) groups excluding carboxylic acids is 2. The molecule has 3 aromatic rings. The van der Waals surface area contributed by atoms with Crippen LogP contribution in [-0.4, -0.2) is 29.6 Å². The molecular formula is C40H44FNO4. The maximum Gasteiger partial charge on any atom is 0.162 e. The highest BCUT2D eigenvalue weighted by Gasteiger charge is 2.49. The van der Waals surface area contributed by atoms with Crippen LogP contribution >= 0.6 is 0 Å². The minimum absolute atomic E-state index is 0.0532. The lowest BCUT2D eigenvalue weighted by Crippen LogP contribution is -2.45. The van der Waals surface area contributed by atoms with Gasteiger partial charge in [-0.1, -0.05) is 82.3 Å². The fourth-order valence-electron chi connectivity index (χ4n) is 7.40. The van der Waals surface area contributed by atoms with Crippen LogP contribution in [0.25, 0.3) is 0 Å². The van der Waals surface area contributed by atoms with Gasteiger partial charge in [0.25, 0.3) is 0 Å². The molecule has 0 spiro atoms. The van der Waals surface area contributed by atoms with E-state index < -0.39 is 5.92 Å². The number of ketones is 2. The number of hydrogen-bond donors (Lipinski definition) is 0. The molecule has 0 N–H and O–H groups in total. The molecule has 0 atom stereocenters. The number of hydrogen-bond acceptors (Lipinski definition) is 5. The van der Waals surface area contributed by atoms with E-state index in [0.29, 0.717) is 43.1 Å². The maximum atomic E-state index is 14.3. The van der Waals surface area contributed by atoms with Crippen LogP contribution in [0.5, 0.6) is 11.5 Å². The van der Waals surface area contributed by atoms with Gasteiger partial charge < -0.3 is 14.4 Å². The summed E-state index contributed by atoms with van der Waals surface area (Å²) in [5.41, 5.74) is 5.69. The summed E-state index contributed by atoms with van der Waals surface area (Å²) >= 11 is 0. The number of nitrogens with zero attached hydrogens (tertiary/aromatic N) is 1. The Kier molecular flexibility index (Phi) is 8.66. The molecule has 5 nitrogen and oxygen atoms in total. The lowest BCUT2D eigenvalue weighted by Gasteiger charge is -2.49. The van der Waals surface area contributed by atoms with E-state index >= 15 is 0 Å². The summed E-state index contributed by atoms with van der Waals surface area (Å²) in [7, 11) is 0. The van der Waals surface area contributed by atoms with Gasteiger partial charge in [-0.05, 0) is 66.3 Å². The van der Waals surface area contributed by atoms with E-state index in [9.17, 15) is 14.0 Å². The van der Waals surface area contributed by atoms with Crippen molar-refractivity contribution in [2.24, 2.45) is 10.8 Å². The monoisotopic (exact) mass is 621 g/mol. The third-order valence-electron chi connectivity index (χ3n) is 9.43.